The van der Waals surface area contributed by atoms with Crippen LogP contribution in [0.15, 0.2) is 0 Å². The first kappa shape index (κ1) is 13.9. The summed E-state index contributed by atoms with van der Waals surface area (Å²) in [4.78, 5) is 2.51. The van der Waals surface area contributed by atoms with E-state index >= 15 is 0 Å². The van der Waals surface area contributed by atoms with E-state index in [1.54, 1.807) is 0 Å². The number of nitrogens with one attached hydrogen (secondary N) is 1. The Morgan fingerprint density at radius 1 is 1.31 bits per heavy atom. The predicted octanol–water partition coefficient (Wildman–Crippen LogP) is 1.73. The minimum absolute atomic E-state index is 0.356. The molecule has 0 amide bonds. The van der Waals surface area contributed by atoms with Gasteiger partial charge in [-0.15, -0.1) is 0 Å². The van der Waals surface area contributed by atoms with E-state index in [1.165, 1.54) is 25.9 Å². The Kier molecular flexibility index (Phi) is 5.73. The molecule has 1 aliphatic rings. The Morgan fingerprint density at radius 2 is 1.94 bits per heavy atom. The highest BCUT2D eigenvalue weighted by Gasteiger charge is 2.27. The van der Waals surface area contributed by atoms with Crippen molar-refractivity contribution in [3.8, 4) is 0 Å². The lowest BCUT2D eigenvalue weighted by Gasteiger charge is -2.39. The maximum atomic E-state index is 5.62. The molecule has 1 N–H and O–H groups in total. The number of rotatable bonds is 6. The van der Waals surface area contributed by atoms with Crippen molar-refractivity contribution in [2.75, 3.05) is 39.9 Å². The van der Waals surface area contributed by atoms with Gasteiger partial charge in [0.1, 0.15) is 0 Å². The average Bonchev–Trinajstić information content (AvgIpc) is 2.27. The van der Waals surface area contributed by atoms with E-state index in [0.29, 0.717) is 11.5 Å². The fourth-order valence-corrected chi connectivity index (χ4v) is 2.03. The first-order chi connectivity index (χ1) is 7.56. The van der Waals surface area contributed by atoms with Gasteiger partial charge in [-0.3, -0.25) is 0 Å². The number of ether oxygens (including phenoxy) is 1. The van der Waals surface area contributed by atoms with Crippen LogP contribution in [0.1, 0.15) is 33.6 Å². The Balaban J connectivity index is 2.08. The quantitative estimate of drug-likeness (QED) is 0.701. The van der Waals surface area contributed by atoms with Crippen LogP contribution in [0.5, 0.6) is 0 Å². The van der Waals surface area contributed by atoms with Gasteiger partial charge in [0.25, 0.3) is 0 Å². The molecule has 0 atom stereocenters. The molecule has 1 heterocycles. The summed E-state index contributed by atoms with van der Waals surface area (Å²) in [6.07, 6.45) is 2.49. The van der Waals surface area contributed by atoms with Crippen molar-refractivity contribution in [2.45, 2.75) is 39.2 Å². The molecule has 3 nitrogen and oxygen atoms in total. The molecule has 0 saturated carbocycles. The minimum Gasteiger partial charge on any atom is -0.380 e. The molecule has 0 aromatic heterocycles. The normalized spacial score (nSPS) is 21.6. The molecule has 0 aromatic carbocycles. The lowest BCUT2D eigenvalue weighted by Crippen LogP contribution is -2.50. The Labute approximate surface area is 101 Å². The highest BCUT2D eigenvalue weighted by atomic mass is 16.5. The summed E-state index contributed by atoms with van der Waals surface area (Å²) in [6.45, 7) is 12.0. The molecule has 0 aliphatic carbocycles. The van der Waals surface area contributed by atoms with Crippen molar-refractivity contribution in [1.29, 1.82) is 0 Å². The SMILES string of the molecule is CNC1(C)CCN(CCOCC(C)C)CC1. The zero-order valence-electron chi connectivity index (χ0n) is 11.4. The van der Waals surface area contributed by atoms with Crippen LogP contribution in [-0.4, -0.2) is 50.3 Å². The van der Waals surface area contributed by atoms with Crippen molar-refractivity contribution in [3.05, 3.63) is 0 Å². The van der Waals surface area contributed by atoms with Crippen molar-refractivity contribution >= 4 is 0 Å². The van der Waals surface area contributed by atoms with E-state index in [4.69, 9.17) is 4.74 Å². The summed E-state index contributed by atoms with van der Waals surface area (Å²) in [7, 11) is 2.07. The monoisotopic (exact) mass is 228 g/mol. The highest BCUT2D eigenvalue weighted by molar-refractivity contribution is 4.87. The van der Waals surface area contributed by atoms with E-state index in [2.05, 4.69) is 38.0 Å². The van der Waals surface area contributed by atoms with E-state index in [0.717, 1.165) is 19.8 Å². The van der Waals surface area contributed by atoms with Crippen LogP contribution in [0.4, 0.5) is 0 Å². The van der Waals surface area contributed by atoms with E-state index in [1.807, 2.05) is 0 Å². The highest BCUT2D eigenvalue weighted by Crippen LogP contribution is 2.20. The van der Waals surface area contributed by atoms with Crippen molar-refractivity contribution in [2.24, 2.45) is 5.92 Å². The van der Waals surface area contributed by atoms with Gasteiger partial charge >= 0.3 is 0 Å². The molecule has 1 saturated heterocycles. The standard InChI is InChI=1S/C13H28N2O/c1-12(2)11-16-10-9-15-7-5-13(3,14-4)6-8-15/h12,14H,5-11H2,1-4H3. The molecule has 0 radical (unpaired) electrons. The van der Waals surface area contributed by atoms with Crippen molar-refractivity contribution in [1.82, 2.24) is 10.2 Å². The third kappa shape index (κ3) is 4.81. The van der Waals surface area contributed by atoms with Gasteiger partial charge in [0.05, 0.1) is 6.61 Å². The molecule has 1 rings (SSSR count). The van der Waals surface area contributed by atoms with Crippen molar-refractivity contribution in [3.63, 3.8) is 0 Å². The number of hydrogen-bond acceptors (Lipinski definition) is 3. The molecular formula is C13H28N2O. The molecule has 0 unspecified atom stereocenters. The maximum absolute atomic E-state index is 5.62. The summed E-state index contributed by atoms with van der Waals surface area (Å²) in [6, 6.07) is 0. The first-order valence-corrected chi connectivity index (χ1v) is 6.55. The molecule has 96 valence electrons. The lowest BCUT2D eigenvalue weighted by molar-refractivity contribution is 0.0686. The molecule has 0 bridgehead atoms. The first-order valence-electron chi connectivity index (χ1n) is 6.55. The van der Waals surface area contributed by atoms with Crippen LogP contribution in [0.3, 0.4) is 0 Å². The zero-order valence-corrected chi connectivity index (χ0v) is 11.4. The zero-order chi connectivity index (χ0) is 12.0. The smallest absolute Gasteiger partial charge is 0.0593 e. The summed E-state index contributed by atoms with van der Waals surface area (Å²) in [5.41, 5.74) is 0.356. The minimum atomic E-state index is 0.356. The largest absolute Gasteiger partial charge is 0.380 e. The van der Waals surface area contributed by atoms with E-state index in [9.17, 15) is 0 Å². The molecule has 0 aromatic rings. The topological polar surface area (TPSA) is 24.5 Å². The van der Waals surface area contributed by atoms with Gasteiger partial charge in [-0.1, -0.05) is 13.8 Å². The summed E-state index contributed by atoms with van der Waals surface area (Å²) < 4.78 is 5.62. The van der Waals surface area contributed by atoms with Crippen LogP contribution in [0.25, 0.3) is 0 Å². The Hall–Kier alpha value is -0.120. The van der Waals surface area contributed by atoms with Gasteiger partial charge in [0.15, 0.2) is 0 Å². The van der Waals surface area contributed by atoms with Crippen LogP contribution >= 0.6 is 0 Å². The number of nitrogens with zero attached hydrogens (tertiary/aromatic N) is 1. The van der Waals surface area contributed by atoms with E-state index in [-0.39, 0.29) is 0 Å². The van der Waals surface area contributed by atoms with Gasteiger partial charge < -0.3 is 15.0 Å². The second kappa shape index (κ2) is 6.58. The molecule has 3 heteroatoms. The third-order valence-corrected chi connectivity index (χ3v) is 3.57. The van der Waals surface area contributed by atoms with Gasteiger partial charge in [0, 0.05) is 18.7 Å². The predicted molar refractivity (Wildman–Crippen MR) is 68.8 cm³/mol. The lowest BCUT2D eigenvalue weighted by atomic mass is 9.90. The number of likely N-dealkylation sites (tertiary alicyclic amines) is 1. The van der Waals surface area contributed by atoms with Gasteiger partial charge in [-0.2, -0.15) is 0 Å². The summed E-state index contributed by atoms with van der Waals surface area (Å²) in [5.74, 6) is 0.647. The second-order valence-corrected chi connectivity index (χ2v) is 5.62. The van der Waals surface area contributed by atoms with Crippen LogP contribution in [0, 0.1) is 5.92 Å². The number of piperidine rings is 1. The third-order valence-electron chi connectivity index (χ3n) is 3.57. The molecule has 16 heavy (non-hydrogen) atoms. The van der Waals surface area contributed by atoms with Crippen LogP contribution in [0.2, 0.25) is 0 Å². The maximum Gasteiger partial charge on any atom is 0.0593 e. The fourth-order valence-electron chi connectivity index (χ4n) is 2.03. The molecule has 0 spiro atoms. The summed E-state index contributed by atoms with van der Waals surface area (Å²) >= 11 is 0. The van der Waals surface area contributed by atoms with Crippen LogP contribution < -0.4 is 5.32 Å². The Morgan fingerprint density at radius 3 is 2.44 bits per heavy atom. The fraction of sp³-hybridized carbons (Fsp3) is 1.00. The Bertz CT molecular complexity index is 186. The number of hydrogen-bond donors (Lipinski definition) is 1. The van der Waals surface area contributed by atoms with Gasteiger partial charge in [-0.25, -0.2) is 0 Å². The molecular weight excluding hydrogens is 200 g/mol. The van der Waals surface area contributed by atoms with Gasteiger partial charge in [0.2, 0.25) is 0 Å². The molecule has 1 fully saturated rings. The van der Waals surface area contributed by atoms with Crippen molar-refractivity contribution < 1.29 is 4.74 Å². The average molecular weight is 228 g/mol. The van der Waals surface area contributed by atoms with Crippen LogP contribution in [-0.2, 0) is 4.74 Å². The second-order valence-electron chi connectivity index (χ2n) is 5.62. The van der Waals surface area contributed by atoms with Gasteiger partial charge in [-0.05, 0) is 45.8 Å². The van der Waals surface area contributed by atoms with E-state index < -0.39 is 0 Å². The molecule has 1 aliphatic heterocycles. The summed E-state index contributed by atoms with van der Waals surface area (Å²) in [5, 5.41) is 3.43.